The lowest BCUT2D eigenvalue weighted by Crippen LogP contribution is -1.96. The van der Waals surface area contributed by atoms with Crippen LogP contribution in [0.15, 0.2) is 29.1 Å². The van der Waals surface area contributed by atoms with Crippen LogP contribution in [0.25, 0.3) is 0 Å². The van der Waals surface area contributed by atoms with Crippen LogP contribution in [0.2, 0.25) is 0 Å². The molecule has 0 saturated heterocycles. The first-order valence-corrected chi connectivity index (χ1v) is 9.84. The average molecular weight is 317 g/mol. The Labute approximate surface area is 143 Å². The van der Waals surface area contributed by atoms with E-state index >= 15 is 0 Å². The van der Waals surface area contributed by atoms with Gasteiger partial charge in [-0.3, -0.25) is 4.79 Å². The van der Waals surface area contributed by atoms with Gasteiger partial charge in [-0.25, -0.2) is 0 Å². The zero-order chi connectivity index (χ0) is 16.8. The second kappa shape index (κ2) is 13.3. The molecule has 0 atom stereocenters. The molecule has 0 aliphatic rings. The molecule has 0 bridgehead atoms. The molecular weight excluding hydrogens is 280 g/mol. The lowest BCUT2D eigenvalue weighted by molar-refractivity contribution is 0.544. The minimum atomic E-state index is 0.144. The molecule has 130 valence electrons. The van der Waals surface area contributed by atoms with Gasteiger partial charge in [0, 0.05) is 0 Å². The molecular formula is C22H36O. The summed E-state index contributed by atoms with van der Waals surface area (Å²) in [5.41, 5.74) is 2.28. The molecule has 0 aliphatic heterocycles. The van der Waals surface area contributed by atoms with E-state index in [0.717, 1.165) is 12.0 Å². The van der Waals surface area contributed by atoms with Crippen molar-refractivity contribution < 1.29 is 0 Å². The van der Waals surface area contributed by atoms with Gasteiger partial charge in [-0.1, -0.05) is 95.8 Å². The number of hydrogen-bond acceptors (Lipinski definition) is 1. The Bertz CT molecular complexity index is 464. The van der Waals surface area contributed by atoms with Crippen LogP contribution in [0, 0.1) is 6.92 Å². The van der Waals surface area contributed by atoms with Gasteiger partial charge >= 0.3 is 0 Å². The van der Waals surface area contributed by atoms with Crippen LogP contribution in [0.5, 0.6) is 0 Å². The zero-order valence-corrected chi connectivity index (χ0v) is 15.4. The molecule has 0 aliphatic carbocycles. The quantitative estimate of drug-likeness (QED) is 0.375. The minimum Gasteiger partial charge on any atom is -0.290 e. The van der Waals surface area contributed by atoms with Gasteiger partial charge in [-0.2, -0.15) is 0 Å². The van der Waals surface area contributed by atoms with Gasteiger partial charge in [0.05, 0.1) is 0 Å². The highest BCUT2D eigenvalue weighted by Crippen LogP contribution is 2.13. The molecule has 23 heavy (non-hydrogen) atoms. The first-order chi connectivity index (χ1) is 11.2. The first kappa shape index (κ1) is 19.9. The smallest absolute Gasteiger partial charge is 0.181 e. The number of hydrogen-bond donors (Lipinski definition) is 0. The summed E-state index contributed by atoms with van der Waals surface area (Å²) in [6.07, 6.45) is 17.7. The summed E-state index contributed by atoms with van der Waals surface area (Å²) in [4.78, 5) is 11.5. The average Bonchev–Trinajstić information content (AvgIpc) is 2.71. The molecule has 0 radical (unpaired) electrons. The predicted molar refractivity (Wildman–Crippen MR) is 102 cm³/mol. The van der Waals surface area contributed by atoms with Crippen molar-refractivity contribution in [3.63, 3.8) is 0 Å². The van der Waals surface area contributed by atoms with E-state index < -0.39 is 0 Å². The lowest BCUT2D eigenvalue weighted by atomic mass is 10.0. The van der Waals surface area contributed by atoms with Crippen molar-refractivity contribution in [2.75, 3.05) is 0 Å². The molecule has 0 aromatic heterocycles. The zero-order valence-electron chi connectivity index (χ0n) is 15.4. The Morgan fingerprint density at radius 3 is 1.70 bits per heavy atom. The van der Waals surface area contributed by atoms with Crippen molar-refractivity contribution in [2.45, 2.75) is 97.3 Å². The summed E-state index contributed by atoms with van der Waals surface area (Å²) < 4.78 is 0. The molecule has 1 heteroatoms. The van der Waals surface area contributed by atoms with Crippen LogP contribution in [0.3, 0.4) is 0 Å². The van der Waals surface area contributed by atoms with E-state index in [1.165, 1.54) is 82.6 Å². The maximum absolute atomic E-state index is 11.5. The summed E-state index contributed by atoms with van der Waals surface area (Å²) in [7, 11) is 0. The van der Waals surface area contributed by atoms with Crippen molar-refractivity contribution >= 4 is 0 Å². The highest BCUT2D eigenvalue weighted by Gasteiger charge is 1.96. The minimum absolute atomic E-state index is 0.144. The molecule has 0 amide bonds. The highest BCUT2D eigenvalue weighted by atomic mass is 16.1. The van der Waals surface area contributed by atoms with Crippen LogP contribution in [-0.2, 0) is 6.42 Å². The largest absolute Gasteiger partial charge is 0.290 e. The third kappa shape index (κ3) is 10.3. The standard InChI is InChI=1S/C22H36O/c1-3-4-5-6-7-8-9-10-11-12-13-14-15-21-17-16-20(2)22(23)19-18-21/h16-19H,3-15H2,1-2H3. The fourth-order valence-corrected chi connectivity index (χ4v) is 3.02. The number of rotatable bonds is 13. The maximum atomic E-state index is 11.5. The van der Waals surface area contributed by atoms with Crippen LogP contribution < -0.4 is 5.43 Å². The third-order valence-electron chi connectivity index (χ3n) is 4.70. The third-order valence-corrected chi connectivity index (χ3v) is 4.70. The van der Waals surface area contributed by atoms with E-state index in [1.807, 2.05) is 19.1 Å². The topological polar surface area (TPSA) is 17.1 Å². The van der Waals surface area contributed by atoms with Gasteiger partial charge in [-0.05, 0) is 37.0 Å². The molecule has 0 unspecified atom stereocenters. The molecule has 0 N–H and O–H groups in total. The molecule has 0 heterocycles. The second-order valence-electron chi connectivity index (χ2n) is 6.93. The Kier molecular flexibility index (Phi) is 11.6. The second-order valence-corrected chi connectivity index (χ2v) is 6.93. The van der Waals surface area contributed by atoms with E-state index in [0.29, 0.717) is 0 Å². The highest BCUT2D eigenvalue weighted by molar-refractivity contribution is 5.19. The first-order valence-electron chi connectivity index (χ1n) is 9.84. The Hall–Kier alpha value is -1.11. The summed E-state index contributed by atoms with van der Waals surface area (Å²) in [6, 6.07) is 7.77. The normalized spacial score (nSPS) is 10.9. The predicted octanol–water partition coefficient (Wildman–Crippen LogP) is 6.60. The van der Waals surface area contributed by atoms with Gasteiger partial charge in [0.1, 0.15) is 0 Å². The van der Waals surface area contributed by atoms with E-state index in [4.69, 9.17) is 0 Å². The Morgan fingerprint density at radius 2 is 1.13 bits per heavy atom. The Morgan fingerprint density at radius 1 is 0.652 bits per heavy atom. The molecule has 0 saturated carbocycles. The van der Waals surface area contributed by atoms with E-state index in [-0.39, 0.29) is 5.43 Å². The van der Waals surface area contributed by atoms with Gasteiger partial charge in [0.25, 0.3) is 0 Å². The van der Waals surface area contributed by atoms with E-state index in [1.54, 1.807) is 6.07 Å². The number of aryl methyl sites for hydroxylation is 2. The van der Waals surface area contributed by atoms with Crippen molar-refractivity contribution in [3.8, 4) is 0 Å². The summed E-state index contributed by atoms with van der Waals surface area (Å²) in [6.45, 7) is 4.16. The molecule has 1 nitrogen and oxygen atoms in total. The Balaban J connectivity index is 1.96. The van der Waals surface area contributed by atoms with Gasteiger partial charge in [0.15, 0.2) is 5.43 Å². The molecule has 1 aromatic carbocycles. The molecule has 0 spiro atoms. The van der Waals surface area contributed by atoms with Crippen LogP contribution in [0.1, 0.15) is 95.1 Å². The van der Waals surface area contributed by atoms with Crippen LogP contribution >= 0.6 is 0 Å². The lowest BCUT2D eigenvalue weighted by Gasteiger charge is -2.03. The monoisotopic (exact) mass is 316 g/mol. The van der Waals surface area contributed by atoms with Gasteiger partial charge in [-0.15, -0.1) is 0 Å². The summed E-state index contributed by atoms with van der Waals surface area (Å²) in [5.74, 6) is 0. The van der Waals surface area contributed by atoms with E-state index in [2.05, 4.69) is 13.0 Å². The summed E-state index contributed by atoms with van der Waals surface area (Å²) in [5, 5.41) is 0. The maximum Gasteiger partial charge on any atom is 0.181 e. The van der Waals surface area contributed by atoms with Crippen LogP contribution in [0.4, 0.5) is 0 Å². The summed E-state index contributed by atoms with van der Waals surface area (Å²) >= 11 is 0. The van der Waals surface area contributed by atoms with Gasteiger partial charge < -0.3 is 0 Å². The number of unbranched alkanes of at least 4 members (excludes halogenated alkanes) is 11. The van der Waals surface area contributed by atoms with Crippen molar-refractivity contribution in [2.24, 2.45) is 0 Å². The fourth-order valence-electron chi connectivity index (χ4n) is 3.02. The van der Waals surface area contributed by atoms with E-state index in [9.17, 15) is 4.79 Å². The SMILES string of the molecule is CCCCCCCCCCCCCCc1ccc(C)c(=O)cc1. The fraction of sp³-hybridized carbons (Fsp3) is 0.682. The van der Waals surface area contributed by atoms with Crippen molar-refractivity contribution in [3.05, 3.63) is 45.6 Å². The van der Waals surface area contributed by atoms with Crippen molar-refractivity contribution in [1.82, 2.24) is 0 Å². The van der Waals surface area contributed by atoms with Crippen LogP contribution in [-0.4, -0.2) is 0 Å². The molecule has 1 rings (SSSR count). The molecule has 1 aromatic rings. The van der Waals surface area contributed by atoms with Crippen molar-refractivity contribution in [1.29, 1.82) is 0 Å². The van der Waals surface area contributed by atoms with Gasteiger partial charge in [0.2, 0.25) is 0 Å². The molecule has 0 fully saturated rings.